The van der Waals surface area contributed by atoms with Gasteiger partial charge in [-0.1, -0.05) is 11.6 Å². The van der Waals surface area contributed by atoms with Crippen molar-refractivity contribution in [1.29, 1.82) is 0 Å². The molecule has 0 aliphatic carbocycles. The molecule has 0 bridgehead atoms. The van der Waals surface area contributed by atoms with Crippen LogP contribution in [0.25, 0.3) is 0 Å². The molecular formula is C17H19ClN4O5S2. The fourth-order valence-electron chi connectivity index (χ4n) is 3.00. The number of carbonyl (C=O) groups excluding carboxylic acids is 1. The van der Waals surface area contributed by atoms with Crippen LogP contribution in [0.5, 0.6) is 0 Å². The maximum absolute atomic E-state index is 12.9. The molecule has 12 heteroatoms. The number of amides is 1. The molecule has 1 aromatic carbocycles. The molecule has 1 aliphatic rings. The minimum absolute atomic E-state index is 0.0126. The Morgan fingerprint density at radius 3 is 2.34 bits per heavy atom. The first-order valence-corrected chi connectivity index (χ1v) is 12.0. The van der Waals surface area contributed by atoms with Crippen LogP contribution in [0, 0.1) is 5.92 Å². The summed E-state index contributed by atoms with van der Waals surface area (Å²) >= 11 is 5.77. The molecule has 1 atom stereocenters. The number of piperidine rings is 1. The molecule has 1 fully saturated rings. The minimum Gasteiger partial charge on any atom is -0.310 e. The van der Waals surface area contributed by atoms with Crippen LogP contribution in [0.1, 0.15) is 12.8 Å². The summed E-state index contributed by atoms with van der Waals surface area (Å²) in [5.41, 5.74) is 0. The van der Waals surface area contributed by atoms with Crippen molar-refractivity contribution in [3.05, 3.63) is 47.6 Å². The molecule has 0 radical (unpaired) electrons. The zero-order chi connectivity index (χ0) is 21.2. The second-order valence-electron chi connectivity index (χ2n) is 6.57. The van der Waals surface area contributed by atoms with Gasteiger partial charge in [0.2, 0.25) is 26.0 Å². The molecule has 2 aromatic rings. The van der Waals surface area contributed by atoms with Crippen molar-refractivity contribution >= 4 is 43.4 Å². The lowest BCUT2D eigenvalue weighted by atomic mass is 9.99. The van der Waals surface area contributed by atoms with Gasteiger partial charge in [0.05, 0.1) is 20.7 Å². The average Bonchev–Trinajstić information content (AvgIpc) is 2.69. The number of nitrogens with zero attached hydrogens (tertiary/aromatic N) is 2. The number of hydrogen-bond acceptors (Lipinski definition) is 6. The van der Waals surface area contributed by atoms with Gasteiger partial charge in [-0.2, -0.15) is 4.31 Å². The van der Waals surface area contributed by atoms with Crippen molar-refractivity contribution in [3.8, 4) is 0 Å². The molecule has 1 aromatic heterocycles. The van der Waals surface area contributed by atoms with Gasteiger partial charge in [-0.05, 0) is 49.2 Å². The smallest absolute Gasteiger partial charge is 0.243 e. The van der Waals surface area contributed by atoms with Crippen molar-refractivity contribution in [3.63, 3.8) is 0 Å². The van der Waals surface area contributed by atoms with Crippen LogP contribution in [0.15, 0.2) is 52.4 Å². The van der Waals surface area contributed by atoms with E-state index in [1.807, 2.05) is 0 Å². The Kier molecular flexibility index (Phi) is 6.24. The number of primary sulfonamides is 1. The molecular weight excluding hydrogens is 440 g/mol. The van der Waals surface area contributed by atoms with E-state index >= 15 is 0 Å². The quantitative estimate of drug-likeness (QED) is 0.694. The largest absolute Gasteiger partial charge is 0.310 e. The molecule has 3 N–H and O–H groups in total. The molecule has 156 valence electrons. The molecule has 3 rings (SSSR count). The van der Waals surface area contributed by atoms with E-state index in [-0.39, 0.29) is 28.8 Å². The highest BCUT2D eigenvalue weighted by atomic mass is 35.5. The summed E-state index contributed by atoms with van der Waals surface area (Å²) in [4.78, 5) is 16.3. The van der Waals surface area contributed by atoms with Crippen molar-refractivity contribution in [2.24, 2.45) is 11.1 Å². The first-order chi connectivity index (χ1) is 13.6. The monoisotopic (exact) mass is 458 g/mol. The molecule has 0 spiro atoms. The van der Waals surface area contributed by atoms with Crippen molar-refractivity contribution in [1.82, 2.24) is 9.29 Å². The Morgan fingerprint density at radius 2 is 1.76 bits per heavy atom. The molecule has 29 heavy (non-hydrogen) atoms. The normalized spacial score (nSPS) is 18.3. The van der Waals surface area contributed by atoms with E-state index in [4.69, 9.17) is 16.7 Å². The number of pyridine rings is 1. The van der Waals surface area contributed by atoms with E-state index < -0.39 is 26.0 Å². The van der Waals surface area contributed by atoms with E-state index in [2.05, 4.69) is 10.3 Å². The number of rotatable bonds is 5. The van der Waals surface area contributed by atoms with Crippen LogP contribution in [0.3, 0.4) is 0 Å². The standard InChI is InChI=1S/C17H19ClN4O5S2/c18-13-3-8-16(20-10-13)21-17(23)12-2-1-9-22(11-12)29(26,27)15-6-4-14(5-7-15)28(19,24)25/h3-8,10,12H,1-2,9,11H2,(H2,19,24,25)(H,20,21,23). The summed E-state index contributed by atoms with van der Waals surface area (Å²) in [7, 11) is -7.80. The molecule has 2 heterocycles. The lowest BCUT2D eigenvalue weighted by molar-refractivity contribution is -0.120. The lowest BCUT2D eigenvalue weighted by Crippen LogP contribution is -2.43. The highest BCUT2D eigenvalue weighted by Gasteiger charge is 2.33. The summed E-state index contributed by atoms with van der Waals surface area (Å²) in [5, 5.41) is 8.14. The third kappa shape index (κ3) is 5.11. The summed E-state index contributed by atoms with van der Waals surface area (Å²) in [5.74, 6) is -0.540. The average molecular weight is 459 g/mol. The Balaban J connectivity index is 1.73. The second-order valence-corrected chi connectivity index (χ2v) is 10.5. The number of anilines is 1. The third-order valence-electron chi connectivity index (χ3n) is 4.52. The summed E-state index contributed by atoms with van der Waals surface area (Å²) in [6.45, 7) is 0.279. The van der Waals surface area contributed by atoms with Crippen molar-refractivity contribution in [2.75, 3.05) is 18.4 Å². The van der Waals surface area contributed by atoms with Gasteiger partial charge < -0.3 is 5.32 Å². The second kappa shape index (κ2) is 8.36. The number of nitrogens with one attached hydrogen (secondary N) is 1. The Bertz CT molecular complexity index is 1100. The summed E-state index contributed by atoms with van der Waals surface area (Å²) in [6.07, 6.45) is 2.45. The summed E-state index contributed by atoms with van der Waals surface area (Å²) in [6, 6.07) is 7.82. The van der Waals surface area contributed by atoms with Crippen LogP contribution in [0.4, 0.5) is 5.82 Å². The molecule has 9 nitrogen and oxygen atoms in total. The highest BCUT2D eigenvalue weighted by Crippen LogP contribution is 2.25. The van der Waals surface area contributed by atoms with Crippen LogP contribution >= 0.6 is 11.6 Å². The van der Waals surface area contributed by atoms with E-state index in [0.717, 1.165) is 12.1 Å². The number of sulfonamides is 2. The van der Waals surface area contributed by atoms with E-state index in [9.17, 15) is 21.6 Å². The van der Waals surface area contributed by atoms with Gasteiger partial charge in [0.1, 0.15) is 5.82 Å². The SMILES string of the molecule is NS(=O)(=O)c1ccc(S(=O)(=O)N2CCCC(C(=O)Nc3ccc(Cl)cn3)C2)cc1. The number of hydrogen-bond donors (Lipinski definition) is 2. The maximum atomic E-state index is 12.9. The topological polar surface area (TPSA) is 140 Å². The van der Waals surface area contributed by atoms with Crippen molar-refractivity contribution in [2.45, 2.75) is 22.6 Å². The third-order valence-corrected chi connectivity index (χ3v) is 7.56. The molecule has 1 unspecified atom stereocenters. The van der Waals surface area contributed by atoms with Gasteiger partial charge in [-0.15, -0.1) is 0 Å². The summed E-state index contributed by atoms with van der Waals surface area (Å²) < 4.78 is 49.7. The number of benzene rings is 1. The lowest BCUT2D eigenvalue weighted by Gasteiger charge is -2.31. The van der Waals surface area contributed by atoms with Crippen LogP contribution in [0.2, 0.25) is 5.02 Å². The minimum atomic E-state index is -3.92. The van der Waals surface area contributed by atoms with Crippen LogP contribution in [-0.2, 0) is 24.8 Å². The predicted molar refractivity (Wildman–Crippen MR) is 107 cm³/mol. The molecule has 0 saturated carbocycles. The number of aromatic nitrogens is 1. The van der Waals surface area contributed by atoms with Crippen molar-refractivity contribution < 1.29 is 21.6 Å². The Labute approximate surface area is 174 Å². The van der Waals surface area contributed by atoms with Gasteiger partial charge >= 0.3 is 0 Å². The zero-order valence-corrected chi connectivity index (χ0v) is 17.5. The van der Waals surface area contributed by atoms with Gasteiger partial charge in [-0.3, -0.25) is 4.79 Å². The molecule has 1 amide bonds. The van der Waals surface area contributed by atoms with E-state index in [0.29, 0.717) is 23.7 Å². The van der Waals surface area contributed by atoms with E-state index in [1.165, 1.54) is 22.6 Å². The Morgan fingerprint density at radius 1 is 1.10 bits per heavy atom. The first-order valence-electron chi connectivity index (χ1n) is 8.63. The predicted octanol–water partition coefficient (Wildman–Crippen LogP) is 1.42. The number of carbonyl (C=O) groups is 1. The highest BCUT2D eigenvalue weighted by molar-refractivity contribution is 7.89. The number of halogens is 1. The van der Waals surface area contributed by atoms with Gasteiger partial charge in [0.15, 0.2) is 0 Å². The zero-order valence-electron chi connectivity index (χ0n) is 15.2. The van der Waals surface area contributed by atoms with Crippen LogP contribution < -0.4 is 10.5 Å². The fourth-order valence-corrected chi connectivity index (χ4v) is 5.15. The van der Waals surface area contributed by atoms with Gasteiger partial charge in [0.25, 0.3) is 0 Å². The fraction of sp³-hybridized carbons (Fsp3) is 0.294. The van der Waals surface area contributed by atoms with Gasteiger partial charge in [-0.25, -0.2) is 27.0 Å². The molecule has 1 saturated heterocycles. The molecule has 1 aliphatic heterocycles. The Hall–Kier alpha value is -2.05. The van der Waals surface area contributed by atoms with Gasteiger partial charge in [0, 0.05) is 19.3 Å². The maximum Gasteiger partial charge on any atom is 0.243 e. The van der Waals surface area contributed by atoms with Crippen LogP contribution in [-0.4, -0.2) is 45.1 Å². The number of nitrogens with two attached hydrogens (primary N) is 1. The van der Waals surface area contributed by atoms with E-state index in [1.54, 1.807) is 12.1 Å². The first kappa shape index (κ1) is 21.7.